The Bertz CT molecular complexity index is 894. The Kier molecular flexibility index (Phi) is 5.57. The molecule has 0 atom stereocenters. The number of nitrogens with zero attached hydrogens (tertiary/aromatic N) is 2. The summed E-state index contributed by atoms with van der Waals surface area (Å²) in [4.78, 5) is 12.6. The maximum absolute atomic E-state index is 12.6. The van der Waals surface area contributed by atoms with Gasteiger partial charge in [0.25, 0.3) is 0 Å². The lowest BCUT2D eigenvalue weighted by atomic mass is 10.1. The fourth-order valence-corrected chi connectivity index (χ4v) is 3.75. The van der Waals surface area contributed by atoms with E-state index in [0.29, 0.717) is 12.3 Å². The molecule has 3 aromatic rings. The van der Waals surface area contributed by atoms with E-state index >= 15 is 0 Å². The fourth-order valence-electron chi connectivity index (χ4n) is 3.08. The molecule has 0 fully saturated rings. The number of thiophene rings is 1. The van der Waals surface area contributed by atoms with Crippen LogP contribution in [0.2, 0.25) is 0 Å². The first-order chi connectivity index (χ1) is 12.4. The van der Waals surface area contributed by atoms with E-state index in [2.05, 4.69) is 47.2 Å². The third-order valence-electron chi connectivity index (χ3n) is 4.41. The van der Waals surface area contributed by atoms with Gasteiger partial charge in [0.15, 0.2) is 0 Å². The second kappa shape index (κ2) is 7.87. The van der Waals surface area contributed by atoms with Gasteiger partial charge in [-0.1, -0.05) is 26.0 Å². The Labute approximate surface area is 158 Å². The Hall–Kier alpha value is -2.40. The Balaban J connectivity index is 1.72. The first-order valence-corrected chi connectivity index (χ1v) is 9.83. The summed E-state index contributed by atoms with van der Waals surface area (Å²) in [5.74, 6) is 0.511. The van der Waals surface area contributed by atoms with Gasteiger partial charge in [-0.05, 0) is 59.9 Å². The van der Waals surface area contributed by atoms with Gasteiger partial charge in [-0.3, -0.25) is 9.48 Å². The summed E-state index contributed by atoms with van der Waals surface area (Å²) >= 11 is 1.67. The van der Waals surface area contributed by atoms with Crippen molar-refractivity contribution in [3.63, 3.8) is 0 Å². The quantitative estimate of drug-likeness (QED) is 0.661. The van der Waals surface area contributed by atoms with Crippen molar-refractivity contribution >= 4 is 22.9 Å². The molecule has 3 rings (SSSR count). The maximum atomic E-state index is 12.6. The highest BCUT2D eigenvalue weighted by atomic mass is 32.1. The van der Waals surface area contributed by atoms with Crippen molar-refractivity contribution in [3.8, 4) is 11.1 Å². The van der Waals surface area contributed by atoms with Crippen LogP contribution in [0.1, 0.15) is 30.8 Å². The van der Waals surface area contributed by atoms with E-state index in [-0.39, 0.29) is 5.91 Å². The van der Waals surface area contributed by atoms with Crippen LogP contribution in [0.5, 0.6) is 0 Å². The van der Waals surface area contributed by atoms with E-state index in [1.54, 1.807) is 11.3 Å². The monoisotopic (exact) mass is 367 g/mol. The van der Waals surface area contributed by atoms with Gasteiger partial charge in [0.05, 0.1) is 12.1 Å². The molecule has 0 aliphatic carbocycles. The number of amides is 1. The fraction of sp³-hybridized carbons (Fsp3) is 0.333. The molecule has 0 unspecified atom stereocenters. The molecule has 0 aliphatic rings. The van der Waals surface area contributed by atoms with Gasteiger partial charge >= 0.3 is 0 Å². The van der Waals surface area contributed by atoms with Crippen molar-refractivity contribution in [1.29, 1.82) is 0 Å². The number of carbonyl (C=O) groups is 1. The summed E-state index contributed by atoms with van der Waals surface area (Å²) in [7, 11) is 0. The molecular formula is C21H25N3OS. The van der Waals surface area contributed by atoms with Gasteiger partial charge < -0.3 is 5.32 Å². The van der Waals surface area contributed by atoms with Gasteiger partial charge in [-0.2, -0.15) is 16.4 Å². The minimum Gasteiger partial charge on any atom is -0.326 e. The minimum absolute atomic E-state index is 0.0113. The first-order valence-electron chi connectivity index (χ1n) is 8.89. The smallest absolute Gasteiger partial charge is 0.228 e. The van der Waals surface area contributed by atoms with Crippen LogP contribution in [-0.2, 0) is 17.8 Å². The number of rotatable bonds is 6. The van der Waals surface area contributed by atoms with Crippen LogP contribution in [0.3, 0.4) is 0 Å². The van der Waals surface area contributed by atoms with Crippen LogP contribution >= 0.6 is 11.3 Å². The number of aromatic nitrogens is 2. The molecule has 1 aromatic carbocycles. The van der Waals surface area contributed by atoms with Gasteiger partial charge in [0, 0.05) is 23.5 Å². The van der Waals surface area contributed by atoms with Gasteiger partial charge in [-0.15, -0.1) is 0 Å². The van der Waals surface area contributed by atoms with Crippen LogP contribution < -0.4 is 5.32 Å². The molecule has 1 N–H and O–H groups in total. The normalized spacial score (nSPS) is 11.1. The summed E-state index contributed by atoms with van der Waals surface area (Å²) in [6.45, 7) is 9.23. The van der Waals surface area contributed by atoms with Crippen molar-refractivity contribution in [2.24, 2.45) is 5.92 Å². The third-order valence-corrected chi connectivity index (χ3v) is 5.09. The molecule has 0 radical (unpaired) electrons. The molecule has 26 heavy (non-hydrogen) atoms. The molecule has 2 heterocycles. The van der Waals surface area contributed by atoms with Crippen molar-refractivity contribution < 1.29 is 4.79 Å². The number of nitrogens with one attached hydrogen (secondary N) is 1. The van der Waals surface area contributed by atoms with Crippen molar-refractivity contribution in [3.05, 3.63) is 58.0 Å². The number of hydrogen-bond donors (Lipinski definition) is 1. The van der Waals surface area contributed by atoms with Gasteiger partial charge in [-0.25, -0.2) is 0 Å². The number of anilines is 1. The lowest BCUT2D eigenvalue weighted by Gasteiger charge is -2.09. The summed E-state index contributed by atoms with van der Waals surface area (Å²) in [5, 5.41) is 11.8. The summed E-state index contributed by atoms with van der Waals surface area (Å²) in [6, 6.07) is 10.1. The lowest BCUT2D eigenvalue weighted by Crippen LogP contribution is -2.15. The van der Waals surface area contributed by atoms with Gasteiger partial charge in [0.2, 0.25) is 5.91 Å². The van der Waals surface area contributed by atoms with Crippen LogP contribution in [0.15, 0.2) is 41.1 Å². The predicted octanol–water partition coefficient (Wildman–Crippen LogP) is 5.07. The van der Waals surface area contributed by atoms with E-state index in [9.17, 15) is 4.79 Å². The molecule has 1 amide bonds. The van der Waals surface area contributed by atoms with E-state index in [4.69, 9.17) is 0 Å². The molecular weight excluding hydrogens is 342 g/mol. The average Bonchev–Trinajstić information content (AvgIpc) is 3.20. The highest BCUT2D eigenvalue weighted by Gasteiger charge is 2.16. The Morgan fingerprint density at radius 2 is 2.04 bits per heavy atom. The minimum atomic E-state index is -0.0113. The SMILES string of the molecule is Cc1nn(CC(C)C)c(C)c1CC(=O)Nc1cccc(-c2ccsc2)c1. The second-order valence-corrected chi connectivity index (χ2v) is 7.82. The molecule has 4 nitrogen and oxygen atoms in total. The lowest BCUT2D eigenvalue weighted by molar-refractivity contribution is -0.115. The number of aryl methyl sites for hydroxylation is 1. The molecule has 0 spiro atoms. The molecule has 5 heteroatoms. The Morgan fingerprint density at radius 3 is 2.73 bits per heavy atom. The zero-order chi connectivity index (χ0) is 18.7. The van der Waals surface area contributed by atoms with Crippen molar-refractivity contribution in [2.45, 2.75) is 40.7 Å². The molecule has 0 bridgehead atoms. The van der Waals surface area contributed by atoms with E-state index in [1.165, 1.54) is 5.56 Å². The number of benzene rings is 1. The van der Waals surface area contributed by atoms with Crippen molar-refractivity contribution in [1.82, 2.24) is 9.78 Å². The average molecular weight is 368 g/mol. The molecule has 0 saturated carbocycles. The zero-order valence-corrected chi connectivity index (χ0v) is 16.6. The van der Waals surface area contributed by atoms with Crippen LogP contribution in [0.4, 0.5) is 5.69 Å². The Morgan fingerprint density at radius 1 is 1.23 bits per heavy atom. The van der Waals surface area contributed by atoms with E-state index < -0.39 is 0 Å². The molecule has 136 valence electrons. The first kappa shape index (κ1) is 18.4. The summed E-state index contributed by atoms with van der Waals surface area (Å²) in [6.07, 6.45) is 0.346. The van der Waals surface area contributed by atoms with E-state index in [0.717, 1.165) is 34.7 Å². The molecule has 2 aromatic heterocycles. The van der Waals surface area contributed by atoms with Crippen LogP contribution in [0.25, 0.3) is 11.1 Å². The predicted molar refractivity (Wildman–Crippen MR) is 109 cm³/mol. The highest BCUT2D eigenvalue weighted by Crippen LogP contribution is 2.25. The standard InChI is InChI=1S/C21H25N3OS/c1-14(2)12-24-16(4)20(15(3)23-24)11-21(25)22-19-7-5-6-17(10-19)18-8-9-26-13-18/h5-10,13-14H,11-12H2,1-4H3,(H,22,25). The topological polar surface area (TPSA) is 46.9 Å². The summed E-state index contributed by atoms with van der Waals surface area (Å²) in [5.41, 5.74) is 6.15. The second-order valence-electron chi connectivity index (χ2n) is 7.04. The van der Waals surface area contributed by atoms with Crippen LogP contribution in [0, 0.1) is 19.8 Å². The van der Waals surface area contributed by atoms with E-state index in [1.807, 2.05) is 36.7 Å². The largest absolute Gasteiger partial charge is 0.326 e. The summed E-state index contributed by atoms with van der Waals surface area (Å²) < 4.78 is 2.01. The number of carbonyl (C=O) groups excluding carboxylic acids is 1. The highest BCUT2D eigenvalue weighted by molar-refractivity contribution is 7.08. The van der Waals surface area contributed by atoms with Crippen molar-refractivity contribution in [2.75, 3.05) is 5.32 Å². The molecule has 0 aliphatic heterocycles. The maximum Gasteiger partial charge on any atom is 0.228 e. The number of hydrogen-bond acceptors (Lipinski definition) is 3. The third kappa shape index (κ3) is 4.22. The zero-order valence-electron chi connectivity index (χ0n) is 15.7. The van der Waals surface area contributed by atoms with Crippen LogP contribution in [-0.4, -0.2) is 15.7 Å². The van der Waals surface area contributed by atoms with Gasteiger partial charge in [0.1, 0.15) is 0 Å². The molecule has 0 saturated heterocycles.